The first-order chi connectivity index (χ1) is 14.4. The highest BCUT2D eigenvalue weighted by Crippen LogP contribution is 2.60. The van der Waals surface area contributed by atoms with Gasteiger partial charge in [-0.15, -0.1) is 0 Å². The molecule has 3 rings (SSSR count). The Kier molecular flexibility index (Phi) is 7.57. The van der Waals surface area contributed by atoms with Crippen LogP contribution in [0.1, 0.15) is 85.5 Å². The van der Waals surface area contributed by atoms with E-state index in [0.717, 1.165) is 44.1 Å². The molecule has 3 aliphatic rings. The van der Waals surface area contributed by atoms with E-state index in [1.165, 1.54) is 17.6 Å². The molecule has 3 aliphatic carbocycles. The molecule has 0 bridgehead atoms. The van der Waals surface area contributed by atoms with Gasteiger partial charge in [0.1, 0.15) is 0 Å². The van der Waals surface area contributed by atoms with Gasteiger partial charge in [0.2, 0.25) is 0 Å². The summed E-state index contributed by atoms with van der Waals surface area (Å²) in [6.45, 7) is 11.9. The van der Waals surface area contributed by atoms with Gasteiger partial charge in [0.15, 0.2) is 0 Å². The van der Waals surface area contributed by atoms with Gasteiger partial charge in [-0.05, 0) is 94.0 Å². The minimum absolute atomic E-state index is 0.0815. The largest absolute Gasteiger partial charge is 0.393 e. The highest BCUT2D eigenvalue weighted by Gasteiger charge is 2.51. The average Bonchev–Trinajstić information content (AvgIpc) is 3.04. The lowest BCUT2D eigenvalue weighted by molar-refractivity contribution is -0.0819. The van der Waals surface area contributed by atoms with Crippen LogP contribution in [0.2, 0.25) is 0 Å². The fourth-order valence-electron chi connectivity index (χ4n) is 6.54. The van der Waals surface area contributed by atoms with Gasteiger partial charge in [-0.3, -0.25) is 0 Å². The predicted octanol–water partition coefficient (Wildman–Crippen LogP) is 4.68. The number of fused-ring (bicyclic) bond motifs is 1. The smallest absolute Gasteiger partial charge is 0.0850 e. The molecule has 4 N–H and O–H groups in total. The molecular formula is C27H44O4. The lowest BCUT2D eigenvalue weighted by Crippen LogP contribution is -2.43. The van der Waals surface area contributed by atoms with Crippen LogP contribution in [0.3, 0.4) is 0 Å². The summed E-state index contributed by atoms with van der Waals surface area (Å²) in [4.78, 5) is 0. The second kappa shape index (κ2) is 9.51. The second-order valence-electron chi connectivity index (χ2n) is 11.4. The van der Waals surface area contributed by atoms with E-state index >= 15 is 0 Å². The van der Waals surface area contributed by atoms with Crippen LogP contribution in [-0.2, 0) is 0 Å². The maximum absolute atomic E-state index is 10.9. The number of hydrogen-bond donors (Lipinski definition) is 4. The topological polar surface area (TPSA) is 80.9 Å². The quantitative estimate of drug-likeness (QED) is 0.491. The van der Waals surface area contributed by atoms with Gasteiger partial charge in [-0.2, -0.15) is 0 Å². The Labute approximate surface area is 188 Å². The zero-order valence-electron chi connectivity index (χ0n) is 20.0. The van der Waals surface area contributed by atoms with Crippen molar-refractivity contribution in [1.82, 2.24) is 0 Å². The SMILES string of the molecule is C=C1CC[C@H](O)C/C1=C/C=C1\CCC[C@]2(C)[C@@H]([C@H](C)C(O)CC(O)C(C)(C)O)CC[C@@H]12. The van der Waals surface area contributed by atoms with Gasteiger partial charge in [-0.25, -0.2) is 0 Å². The Morgan fingerprint density at radius 2 is 1.87 bits per heavy atom. The van der Waals surface area contributed by atoms with Crippen molar-refractivity contribution in [1.29, 1.82) is 0 Å². The van der Waals surface area contributed by atoms with Crippen molar-refractivity contribution in [2.75, 3.05) is 0 Å². The normalized spacial score (nSPS) is 37.7. The minimum atomic E-state index is -1.20. The van der Waals surface area contributed by atoms with Gasteiger partial charge >= 0.3 is 0 Å². The van der Waals surface area contributed by atoms with Crippen LogP contribution in [-0.4, -0.2) is 44.3 Å². The van der Waals surface area contributed by atoms with Crippen molar-refractivity contribution in [2.24, 2.45) is 23.2 Å². The van der Waals surface area contributed by atoms with Gasteiger partial charge in [0.05, 0.1) is 23.9 Å². The van der Waals surface area contributed by atoms with Crippen LogP contribution >= 0.6 is 0 Å². The highest BCUT2D eigenvalue weighted by molar-refractivity contribution is 5.36. The van der Waals surface area contributed by atoms with E-state index in [1.807, 2.05) is 0 Å². The molecule has 0 aromatic heterocycles. The number of allylic oxidation sites excluding steroid dienone is 4. The molecule has 4 nitrogen and oxygen atoms in total. The third kappa shape index (κ3) is 5.35. The molecule has 0 saturated heterocycles. The molecule has 0 aromatic rings. The summed E-state index contributed by atoms with van der Waals surface area (Å²) in [6.07, 6.45) is 11.0. The monoisotopic (exact) mass is 432 g/mol. The minimum Gasteiger partial charge on any atom is -0.393 e. The summed E-state index contributed by atoms with van der Waals surface area (Å²) in [5.41, 5.74) is 2.82. The van der Waals surface area contributed by atoms with Crippen LogP contribution in [0.25, 0.3) is 0 Å². The van der Waals surface area contributed by atoms with Crippen LogP contribution in [0.5, 0.6) is 0 Å². The molecule has 176 valence electrons. The van der Waals surface area contributed by atoms with E-state index in [4.69, 9.17) is 0 Å². The first-order valence-electron chi connectivity index (χ1n) is 12.3. The summed E-state index contributed by atoms with van der Waals surface area (Å²) in [7, 11) is 0. The number of aliphatic hydroxyl groups is 4. The average molecular weight is 433 g/mol. The van der Waals surface area contributed by atoms with Crippen LogP contribution < -0.4 is 0 Å². The molecule has 2 unspecified atom stereocenters. The van der Waals surface area contributed by atoms with Crippen molar-refractivity contribution in [3.05, 3.63) is 35.5 Å². The third-order valence-corrected chi connectivity index (χ3v) is 8.75. The molecule has 7 atom stereocenters. The molecule has 0 heterocycles. The predicted molar refractivity (Wildman–Crippen MR) is 125 cm³/mol. The lowest BCUT2D eigenvalue weighted by Gasteiger charge is -2.45. The summed E-state index contributed by atoms with van der Waals surface area (Å²) >= 11 is 0. The summed E-state index contributed by atoms with van der Waals surface area (Å²) < 4.78 is 0. The van der Waals surface area contributed by atoms with Crippen LogP contribution in [0.15, 0.2) is 35.5 Å². The Morgan fingerprint density at radius 3 is 2.55 bits per heavy atom. The first kappa shape index (κ1) is 24.7. The molecule has 0 aromatic carbocycles. The Hall–Kier alpha value is -0.940. The molecule has 31 heavy (non-hydrogen) atoms. The molecule has 0 spiro atoms. The van der Waals surface area contributed by atoms with Crippen molar-refractivity contribution in [3.63, 3.8) is 0 Å². The molecule has 3 saturated carbocycles. The first-order valence-corrected chi connectivity index (χ1v) is 12.3. The molecule has 0 amide bonds. The Bertz CT molecular complexity index is 715. The van der Waals surface area contributed by atoms with E-state index in [1.54, 1.807) is 13.8 Å². The third-order valence-electron chi connectivity index (χ3n) is 8.75. The summed E-state index contributed by atoms with van der Waals surface area (Å²) in [6, 6.07) is 0. The Balaban J connectivity index is 1.74. The van der Waals surface area contributed by atoms with E-state index in [9.17, 15) is 20.4 Å². The standard InChI is InChI=1S/C27H44O4/c1-17-8-11-21(28)15-20(17)10-9-19-7-6-14-27(5)22(12-13-23(19)27)18(2)24(29)16-25(30)26(3,4)31/h9-10,18,21-25,28-31H,1,6-8,11-16H2,2-5H3/b19-9+,20-10-/t18-,21-,22+,23-,24?,25?,27+/m0/s1. The van der Waals surface area contributed by atoms with E-state index in [0.29, 0.717) is 18.3 Å². The van der Waals surface area contributed by atoms with Crippen molar-refractivity contribution >= 4 is 0 Å². The summed E-state index contributed by atoms with van der Waals surface area (Å²) in [5, 5.41) is 41.2. The van der Waals surface area contributed by atoms with Crippen molar-refractivity contribution < 1.29 is 20.4 Å². The Morgan fingerprint density at radius 1 is 1.16 bits per heavy atom. The maximum atomic E-state index is 10.9. The maximum Gasteiger partial charge on any atom is 0.0850 e. The molecule has 3 fully saturated rings. The summed E-state index contributed by atoms with van der Waals surface area (Å²) in [5.74, 6) is 1.01. The van der Waals surface area contributed by atoms with E-state index in [2.05, 4.69) is 32.6 Å². The second-order valence-corrected chi connectivity index (χ2v) is 11.4. The van der Waals surface area contributed by atoms with E-state index in [-0.39, 0.29) is 23.9 Å². The highest BCUT2D eigenvalue weighted by atomic mass is 16.3. The lowest BCUT2D eigenvalue weighted by atomic mass is 9.60. The van der Waals surface area contributed by atoms with Crippen LogP contribution in [0, 0.1) is 23.2 Å². The zero-order valence-corrected chi connectivity index (χ0v) is 20.0. The molecule has 0 aliphatic heterocycles. The zero-order chi connectivity index (χ0) is 23.0. The van der Waals surface area contributed by atoms with Crippen molar-refractivity contribution in [3.8, 4) is 0 Å². The van der Waals surface area contributed by atoms with Crippen LogP contribution in [0.4, 0.5) is 0 Å². The fourth-order valence-corrected chi connectivity index (χ4v) is 6.54. The van der Waals surface area contributed by atoms with Gasteiger partial charge in [0.25, 0.3) is 0 Å². The number of aliphatic hydroxyl groups excluding tert-OH is 3. The van der Waals surface area contributed by atoms with Gasteiger partial charge in [-0.1, -0.05) is 43.7 Å². The number of rotatable bonds is 6. The fraction of sp³-hybridized carbons (Fsp3) is 0.778. The molecule has 4 heteroatoms. The molecular weight excluding hydrogens is 388 g/mol. The number of hydrogen-bond acceptors (Lipinski definition) is 4. The van der Waals surface area contributed by atoms with Crippen molar-refractivity contribution in [2.45, 2.75) is 109 Å². The molecule has 0 radical (unpaired) electrons. The van der Waals surface area contributed by atoms with E-state index < -0.39 is 17.8 Å². The van der Waals surface area contributed by atoms with Gasteiger partial charge < -0.3 is 20.4 Å². The van der Waals surface area contributed by atoms with Gasteiger partial charge in [0, 0.05) is 6.42 Å².